The van der Waals surface area contributed by atoms with Crippen molar-refractivity contribution in [2.75, 3.05) is 6.54 Å². The van der Waals surface area contributed by atoms with Crippen molar-refractivity contribution in [1.29, 1.82) is 0 Å². The molecule has 2 N–H and O–H groups in total. The number of nitrogens with one attached hydrogen (secondary N) is 1. The Hall–Kier alpha value is -1.56. The summed E-state index contributed by atoms with van der Waals surface area (Å²) >= 11 is 3.39. The summed E-state index contributed by atoms with van der Waals surface area (Å²) in [6.07, 6.45) is 1.25. The zero-order valence-corrected chi connectivity index (χ0v) is 12.8. The monoisotopic (exact) mass is 340 g/mol. The van der Waals surface area contributed by atoms with E-state index in [-0.39, 0.29) is 12.1 Å². The summed E-state index contributed by atoms with van der Waals surface area (Å²) < 4.78 is 0.945. The second-order valence-corrected chi connectivity index (χ2v) is 5.83. The standard InChI is InChI=1S/C14H17BrN2O3/c1-9(10-4-2-5-11(15)8-10)16-14(20)17-7-3-6-12(17)13(18)19/h2,4-5,8-9,12H,3,6-7H2,1H3,(H,16,20)(H,18,19). The molecule has 0 spiro atoms. The van der Waals surface area contributed by atoms with Gasteiger partial charge in [0.2, 0.25) is 0 Å². The fourth-order valence-electron chi connectivity index (χ4n) is 2.39. The van der Waals surface area contributed by atoms with Crippen LogP contribution in [0.4, 0.5) is 4.79 Å². The highest BCUT2D eigenvalue weighted by Gasteiger charge is 2.34. The van der Waals surface area contributed by atoms with Gasteiger partial charge >= 0.3 is 12.0 Å². The van der Waals surface area contributed by atoms with E-state index in [0.29, 0.717) is 13.0 Å². The Morgan fingerprint density at radius 2 is 2.25 bits per heavy atom. The zero-order chi connectivity index (χ0) is 14.7. The number of halogens is 1. The molecule has 1 aliphatic heterocycles. The lowest BCUT2D eigenvalue weighted by molar-refractivity contribution is -0.141. The summed E-state index contributed by atoms with van der Waals surface area (Å²) in [4.78, 5) is 24.7. The maximum absolute atomic E-state index is 12.2. The first-order chi connectivity index (χ1) is 9.49. The number of carboxylic acids is 1. The molecule has 0 bridgehead atoms. The van der Waals surface area contributed by atoms with Crippen LogP contribution in [0.1, 0.15) is 31.4 Å². The Morgan fingerprint density at radius 3 is 2.90 bits per heavy atom. The summed E-state index contributed by atoms with van der Waals surface area (Å²) in [7, 11) is 0. The van der Waals surface area contributed by atoms with Gasteiger partial charge < -0.3 is 15.3 Å². The summed E-state index contributed by atoms with van der Waals surface area (Å²) in [5.41, 5.74) is 0.971. The van der Waals surface area contributed by atoms with E-state index in [4.69, 9.17) is 5.11 Å². The number of carbonyl (C=O) groups excluding carboxylic acids is 1. The van der Waals surface area contributed by atoms with Crippen molar-refractivity contribution >= 4 is 27.9 Å². The van der Waals surface area contributed by atoms with Crippen molar-refractivity contribution in [3.63, 3.8) is 0 Å². The largest absolute Gasteiger partial charge is 0.480 e. The summed E-state index contributed by atoms with van der Waals surface area (Å²) in [5, 5.41) is 11.9. The molecular weight excluding hydrogens is 324 g/mol. The minimum absolute atomic E-state index is 0.171. The zero-order valence-electron chi connectivity index (χ0n) is 11.2. The Kier molecular flexibility index (Phi) is 4.65. The first-order valence-electron chi connectivity index (χ1n) is 6.54. The maximum atomic E-state index is 12.2. The molecule has 2 unspecified atom stereocenters. The highest BCUT2D eigenvalue weighted by atomic mass is 79.9. The van der Waals surface area contributed by atoms with E-state index in [1.807, 2.05) is 31.2 Å². The van der Waals surface area contributed by atoms with Crippen molar-refractivity contribution in [3.05, 3.63) is 34.3 Å². The maximum Gasteiger partial charge on any atom is 0.326 e. The van der Waals surface area contributed by atoms with Crippen molar-refractivity contribution in [1.82, 2.24) is 10.2 Å². The van der Waals surface area contributed by atoms with Gasteiger partial charge in [-0.3, -0.25) is 0 Å². The fourth-order valence-corrected chi connectivity index (χ4v) is 2.81. The summed E-state index contributed by atoms with van der Waals surface area (Å²) in [6, 6.07) is 6.48. The highest BCUT2D eigenvalue weighted by Crippen LogP contribution is 2.21. The van der Waals surface area contributed by atoms with E-state index in [9.17, 15) is 9.59 Å². The van der Waals surface area contributed by atoms with Crippen molar-refractivity contribution in [3.8, 4) is 0 Å². The van der Waals surface area contributed by atoms with Gasteiger partial charge in [-0.1, -0.05) is 28.1 Å². The fraction of sp³-hybridized carbons (Fsp3) is 0.429. The lowest BCUT2D eigenvalue weighted by Gasteiger charge is -2.24. The van der Waals surface area contributed by atoms with E-state index in [1.54, 1.807) is 0 Å². The normalized spacial score (nSPS) is 19.7. The minimum Gasteiger partial charge on any atom is -0.480 e. The molecule has 0 radical (unpaired) electrons. The number of nitrogens with zero attached hydrogens (tertiary/aromatic N) is 1. The molecular formula is C14H17BrN2O3. The van der Waals surface area contributed by atoms with Gasteiger partial charge in [0, 0.05) is 11.0 Å². The molecule has 20 heavy (non-hydrogen) atoms. The molecule has 1 saturated heterocycles. The molecule has 0 aliphatic carbocycles. The van der Waals surface area contributed by atoms with Crippen molar-refractivity contribution in [2.24, 2.45) is 0 Å². The third-order valence-corrected chi connectivity index (χ3v) is 3.98. The van der Waals surface area contributed by atoms with Gasteiger partial charge in [-0.25, -0.2) is 9.59 Å². The average molecular weight is 341 g/mol. The number of hydrogen-bond donors (Lipinski definition) is 2. The van der Waals surface area contributed by atoms with Crippen molar-refractivity contribution < 1.29 is 14.7 Å². The molecule has 2 rings (SSSR count). The molecule has 5 nitrogen and oxygen atoms in total. The number of amides is 2. The van der Waals surface area contributed by atoms with E-state index >= 15 is 0 Å². The van der Waals surface area contributed by atoms with E-state index < -0.39 is 12.0 Å². The van der Waals surface area contributed by atoms with Crippen molar-refractivity contribution in [2.45, 2.75) is 31.8 Å². The number of benzene rings is 1. The van der Waals surface area contributed by atoms with Crippen LogP contribution in [0.5, 0.6) is 0 Å². The molecule has 1 aromatic carbocycles. The van der Waals surface area contributed by atoms with Gasteiger partial charge in [-0.05, 0) is 37.5 Å². The van der Waals surface area contributed by atoms with Gasteiger partial charge in [-0.2, -0.15) is 0 Å². The molecule has 2 amide bonds. The highest BCUT2D eigenvalue weighted by molar-refractivity contribution is 9.10. The number of carbonyl (C=O) groups is 2. The van der Waals surface area contributed by atoms with Crippen LogP contribution in [0, 0.1) is 0 Å². The molecule has 1 heterocycles. The van der Waals surface area contributed by atoms with Crippen LogP contribution in [0.15, 0.2) is 28.7 Å². The lowest BCUT2D eigenvalue weighted by atomic mass is 10.1. The molecule has 0 aromatic heterocycles. The number of aliphatic carboxylic acids is 1. The quantitative estimate of drug-likeness (QED) is 0.888. The Bertz CT molecular complexity index is 521. The van der Waals surface area contributed by atoms with Crippen LogP contribution in [-0.2, 0) is 4.79 Å². The van der Waals surface area contributed by atoms with Gasteiger partial charge in [0.15, 0.2) is 0 Å². The van der Waals surface area contributed by atoms with E-state index in [0.717, 1.165) is 16.5 Å². The molecule has 1 aromatic rings. The lowest BCUT2D eigenvalue weighted by Crippen LogP contribution is -2.46. The van der Waals surface area contributed by atoms with Crippen LogP contribution < -0.4 is 5.32 Å². The molecule has 0 saturated carbocycles. The predicted molar refractivity (Wildman–Crippen MR) is 78.5 cm³/mol. The van der Waals surface area contributed by atoms with Crippen LogP contribution in [0.25, 0.3) is 0 Å². The second kappa shape index (κ2) is 6.26. The van der Waals surface area contributed by atoms with Crippen LogP contribution in [0.2, 0.25) is 0 Å². The van der Waals surface area contributed by atoms with Crippen LogP contribution in [0.3, 0.4) is 0 Å². The van der Waals surface area contributed by atoms with Gasteiger partial charge in [-0.15, -0.1) is 0 Å². The Balaban J connectivity index is 2.02. The first-order valence-corrected chi connectivity index (χ1v) is 7.33. The number of urea groups is 1. The number of hydrogen-bond acceptors (Lipinski definition) is 2. The summed E-state index contributed by atoms with van der Waals surface area (Å²) in [5.74, 6) is -0.937. The Morgan fingerprint density at radius 1 is 1.50 bits per heavy atom. The SMILES string of the molecule is CC(NC(=O)N1CCCC1C(=O)O)c1cccc(Br)c1. The van der Waals surface area contributed by atoms with E-state index in [1.165, 1.54) is 4.90 Å². The topological polar surface area (TPSA) is 69.6 Å². The Labute approximate surface area is 126 Å². The third-order valence-electron chi connectivity index (χ3n) is 3.49. The smallest absolute Gasteiger partial charge is 0.326 e. The minimum atomic E-state index is -0.937. The van der Waals surface area contributed by atoms with Gasteiger partial charge in [0.1, 0.15) is 6.04 Å². The number of carboxylic acid groups (broad SMARTS) is 1. The predicted octanol–water partition coefficient (Wildman–Crippen LogP) is 2.77. The molecule has 108 valence electrons. The third kappa shape index (κ3) is 3.30. The molecule has 1 aliphatic rings. The van der Waals surface area contributed by atoms with Gasteiger partial charge in [0.05, 0.1) is 6.04 Å². The number of likely N-dealkylation sites (tertiary alicyclic amines) is 1. The number of rotatable bonds is 3. The molecule has 1 fully saturated rings. The molecule has 6 heteroatoms. The summed E-state index contributed by atoms with van der Waals surface area (Å²) in [6.45, 7) is 2.37. The van der Waals surface area contributed by atoms with Gasteiger partial charge in [0.25, 0.3) is 0 Å². The molecule has 2 atom stereocenters. The second-order valence-electron chi connectivity index (χ2n) is 4.92. The van der Waals surface area contributed by atoms with Crippen LogP contribution >= 0.6 is 15.9 Å². The van der Waals surface area contributed by atoms with E-state index in [2.05, 4.69) is 21.2 Å². The average Bonchev–Trinajstić information content (AvgIpc) is 2.88. The first kappa shape index (κ1) is 14.8. The van der Waals surface area contributed by atoms with Crippen LogP contribution in [-0.4, -0.2) is 34.6 Å².